The molecule has 0 fully saturated rings. The van der Waals surface area contributed by atoms with Gasteiger partial charge in [-0.15, -0.1) is 10.2 Å². The van der Waals surface area contributed by atoms with Crippen LogP contribution in [0.1, 0.15) is 21.5 Å². The van der Waals surface area contributed by atoms with Crippen LogP contribution in [-0.4, -0.2) is 29.8 Å². The van der Waals surface area contributed by atoms with E-state index in [0.29, 0.717) is 17.2 Å². The van der Waals surface area contributed by atoms with Crippen molar-refractivity contribution in [3.05, 3.63) is 77.4 Å². The molecule has 0 radical (unpaired) electrons. The molecule has 0 saturated heterocycles. The number of aromatic nitrogens is 2. The van der Waals surface area contributed by atoms with Crippen molar-refractivity contribution in [2.75, 3.05) is 24.3 Å². The monoisotopic (exact) mass is 362 g/mol. The fourth-order valence-corrected chi connectivity index (χ4v) is 2.63. The van der Waals surface area contributed by atoms with Gasteiger partial charge in [-0.1, -0.05) is 30.3 Å². The molecule has 0 saturated carbocycles. The van der Waals surface area contributed by atoms with Gasteiger partial charge in [-0.25, -0.2) is 0 Å². The van der Waals surface area contributed by atoms with Crippen molar-refractivity contribution in [2.45, 2.75) is 13.3 Å². The van der Waals surface area contributed by atoms with Crippen LogP contribution in [0.4, 0.5) is 11.6 Å². The zero-order valence-corrected chi connectivity index (χ0v) is 15.4. The van der Waals surface area contributed by atoms with Crippen LogP contribution in [0.2, 0.25) is 0 Å². The molecule has 0 aliphatic heterocycles. The summed E-state index contributed by atoms with van der Waals surface area (Å²) in [6, 6.07) is 18.9. The lowest BCUT2D eigenvalue weighted by Crippen LogP contribution is -2.15. The summed E-state index contributed by atoms with van der Waals surface area (Å²) in [6.45, 7) is 2.63. The molecule has 6 nitrogen and oxygen atoms in total. The quantitative estimate of drug-likeness (QED) is 0.670. The molecule has 0 atom stereocenters. The molecule has 1 aromatic heterocycles. The van der Waals surface area contributed by atoms with Crippen molar-refractivity contribution in [2.24, 2.45) is 0 Å². The molecule has 0 bridgehead atoms. The molecule has 3 rings (SSSR count). The number of hydrogen-bond donors (Lipinski definition) is 2. The summed E-state index contributed by atoms with van der Waals surface area (Å²) in [7, 11) is 1.66. The lowest BCUT2D eigenvalue weighted by molar-refractivity contribution is 0.102. The summed E-state index contributed by atoms with van der Waals surface area (Å²) in [5.41, 5.74) is 2.75. The highest BCUT2D eigenvalue weighted by Crippen LogP contribution is 2.13. The van der Waals surface area contributed by atoms with Crippen molar-refractivity contribution in [3.8, 4) is 5.75 Å². The maximum absolute atomic E-state index is 12.3. The molecule has 138 valence electrons. The predicted octanol–water partition coefficient (Wildman–Crippen LogP) is 3.70. The molecule has 0 aliphatic rings. The SMILES string of the molecule is COc1ccc(CCNc2ccc(NC(=O)c3ccccc3C)nn2)cc1. The first-order valence-corrected chi connectivity index (χ1v) is 8.73. The summed E-state index contributed by atoms with van der Waals surface area (Å²) in [6.07, 6.45) is 0.859. The van der Waals surface area contributed by atoms with Crippen LogP contribution in [0.15, 0.2) is 60.7 Å². The number of nitrogens with zero attached hydrogens (tertiary/aromatic N) is 2. The van der Waals surface area contributed by atoms with E-state index in [1.165, 1.54) is 5.56 Å². The summed E-state index contributed by atoms with van der Waals surface area (Å²) in [5, 5.41) is 14.2. The number of nitrogens with one attached hydrogen (secondary N) is 2. The van der Waals surface area contributed by atoms with E-state index in [1.54, 1.807) is 25.3 Å². The Morgan fingerprint density at radius 2 is 1.67 bits per heavy atom. The van der Waals surface area contributed by atoms with Gasteiger partial charge in [-0.05, 0) is 54.8 Å². The minimum Gasteiger partial charge on any atom is -0.497 e. The molecule has 1 amide bonds. The second kappa shape index (κ2) is 8.80. The number of carbonyl (C=O) groups excluding carboxylic acids is 1. The third kappa shape index (κ3) is 5.04. The Balaban J connectivity index is 1.51. The zero-order valence-electron chi connectivity index (χ0n) is 15.4. The summed E-state index contributed by atoms with van der Waals surface area (Å²) in [4.78, 5) is 12.3. The van der Waals surface area contributed by atoms with E-state index < -0.39 is 0 Å². The lowest BCUT2D eigenvalue weighted by Gasteiger charge is -2.08. The second-order valence-corrected chi connectivity index (χ2v) is 6.10. The van der Waals surface area contributed by atoms with Crippen molar-refractivity contribution in [1.29, 1.82) is 0 Å². The molecular formula is C21H22N4O2. The van der Waals surface area contributed by atoms with Gasteiger partial charge in [0.15, 0.2) is 5.82 Å². The summed E-state index contributed by atoms with van der Waals surface area (Å²) in [5.74, 6) is 1.74. The Labute approximate surface area is 158 Å². The van der Waals surface area contributed by atoms with E-state index >= 15 is 0 Å². The highest BCUT2D eigenvalue weighted by molar-refractivity contribution is 6.04. The Hall–Kier alpha value is -3.41. The predicted molar refractivity (Wildman–Crippen MR) is 106 cm³/mol. The Morgan fingerprint density at radius 1 is 0.963 bits per heavy atom. The number of anilines is 2. The van der Waals surface area contributed by atoms with Gasteiger partial charge in [0.25, 0.3) is 5.91 Å². The zero-order chi connectivity index (χ0) is 19.1. The van der Waals surface area contributed by atoms with Gasteiger partial charge >= 0.3 is 0 Å². The average molecular weight is 362 g/mol. The topological polar surface area (TPSA) is 76.1 Å². The number of ether oxygens (including phenoxy) is 1. The van der Waals surface area contributed by atoms with E-state index in [1.807, 2.05) is 49.4 Å². The molecule has 6 heteroatoms. The number of aryl methyl sites for hydroxylation is 1. The normalized spacial score (nSPS) is 10.3. The molecule has 3 aromatic rings. The Kier molecular flexibility index (Phi) is 5.99. The molecule has 0 aliphatic carbocycles. The van der Waals surface area contributed by atoms with Crippen molar-refractivity contribution in [1.82, 2.24) is 10.2 Å². The van der Waals surface area contributed by atoms with E-state index in [-0.39, 0.29) is 5.91 Å². The van der Waals surface area contributed by atoms with Gasteiger partial charge in [-0.2, -0.15) is 0 Å². The van der Waals surface area contributed by atoms with E-state index in [9.17, 15) is 4.79 Å². The largest absolute Gasteiger partial charge is 0.497 e. The van der Waals surface area contributed by atoms with Gasteiger partial charge in [0, 0.05) is 12.1 Å². The van der Waals surface area contributed by atoms with Crippen LogP contribution in [-0.2, 0) is 6.42 Å². The minimum absolute atomic E-state index is 0.192. The molecule has 1 heterocycles. The van der Waals surface area contributed by atoms with Gasteiger partial charge in [-0.3, -0.25) is 4.79 Å². The summed E-state index contributed by atoms with van der Waals surface area (Å²) >= 11 is 0. The molecule has 2 N–H and O–H groups in total. The van der Waals surface area contributed by atoms with Gasteiger partial charge < -0.3 is 15.4 Å². The van der Waals surface area contributed by atoms with Crippen LogP contribution in [0, 0.1) is 6.92 Å². The van der Waals surface area contributed by atoms with Gasteiger partial charge in [0.05, 0.1) is 7.11 Å². The first-order valence-electron chi connectivity index (χ1n) is 8.73. The van der Waals surface area contributed by atoms with Crippen LogP contribution in [0.25, 0.3) is 0 Å². The van der Waals surface area contributed by atoms with E-state index in [4.69, 9.17) is 4.74 Å². The van der Waals surface area contributed by atoms with Crippen molar-refractivity contribution < 1.29 is 9.53 Å². The maximum Gasteiger partial charge on any atom is 0.257 e. The number of amides is 1. The standard InChI is InChI=1S/C21H22N4O2/c1-15-5-3-4-6-18(15)21(26)23-20-12-11-19(24-25-20)22-14-13-16-7-9-17(27-2)10-8-16/h3-12H,13-14H2,1-2H3,(H,22,24)(H,23,25,26). The highest BCUT2D eigenvalue weighted by atomic mass is 16.5. The lowest BCUT2D eigenvalue weighted by atomic mass is 10.1. The first-order chi connectivity index (χ1) is 13.2. The van der Waals surface area contributed by atoms with Crippen LogP contribution in [0.5, 0.6) is 5.75 Å². The maximum atomic E-state index is 12.3. The molecular weight excluding hydrogens is 340 g/mol. The Morgan fingerprint density at radius 3 is 2.33 bits per heavy atom. The van der Waals surface area contributed by atoms with Gasteiger partial charge in [0.1, 0.15) is 11.6 Å². The number of benzene rings is 2. The molecule has 2 aromatic carbocycles. The Bertz CT molecular complexity index is 893. The van der Waals surface area contributed by atoms with E-state index in [0.717, 1.165) is 24.3 Å². The third-order valence-electron chi connectivity index (χ3n) is 4.17. The molecule has 0 spiro atoms. The van der Waals surface area contributed by atoms with Crippen molar-refractivity contribution >= 4 is 17.5 Å². The summed E-state index contributed by atoms with van der Waals surface area (Å²) < 4.78 is 5.15. The number of hydrogen-bond acceptors (Lipinski definition) is 5. The van der Waals surface area contributed by atoms with Crippen LogP contribution < -0.4 is 15.4 Å². The minimum atomic E-state index is -0.192. The third-order valence-corrected chi connectivity index (χ3v) is 4.17. The van der Waals surface area contributed by atoms with E-state index in [2.05, 4.69) is 20.8 Å². The van der Waals surface area contributed by atoms with Crippen molar-refractivity contribution in [3.63, 3.8) is 0 Å². The van der Waals surface area contributed by atoms with Crippen LogP contribution >= 0.6 is 0 Å². The first kappa shape index (κ1) is 18.4. The molecule has 0 unspecified atom stereocenters. The molecule has 27 heavy (non-hydrogen) atoms. The number of carbonyl (C=O) groups is 1. The highest BCUT2D eigenvalue weighted by Gasteiger charge is 2.09. The number of methoxy groups -OCH3 is 1. The van der Waals surface area contributed by atoms with Gasteiger partial charge in [0.2, 0.25) is 0 Å². The fourth-order valence-electron chi connectivity index (χ4n) is 2.63. The average Bonchev–Trinajstić information content (AvgIpc) is 2.70. The fraction of sp³-hybridized carbons (Fsp3) is 0.190. The number of rotatable bonds is 7. The van der Waals surface area contributed by atoms with Crippen LogP contribution in [0.3, 0.4) is 0 Å². The smallest absolute Gasteiger partial charge is 0.257 e. The second-order valence-electron chi connectivity index (χ2n) is 6.10.